The highest BCUT2D eigenvalue weighted by Gasteiger charge is 2.22. The third kappa shape index (κ3) is 3.42. The molecule has 0 aliphatic carbocycles. The van der Waals surface area contributed by atoms with Gasteiger partial charge < -0.3 is 11.1 Å². The first kappa shape index (κ1) is 13.4. The monoisotopic (exact) mass is 242 g/mol. The lowest BCUT2D eigenvalue weighted by Crippen LogP contribution is -2.36. The van der Waals surface area contributed by atoms with Crippen molar-refractivity contribution in [3.8, 4) is 0 Å². The van der Waals surface area contributed by atoms with E-state index in [2.05, 4.69) is 42.4 Å². The Bertz CT molecular complexity index is 324. The Morgan fingerprint density at radius 2 is 2.19 bits per heavy atom. The van der Waals surface area contributed by atoms with Gasteiger partial charge in [0.25, 0.3) is 0 Å². The first-order valence-corrected chi connectivity index (χ1v) is 6.60. The predicted molar refractivity (Wildman–Crippen MR) is 70.0 cm³/mol. The lowest BCUT2D eigenvalue weighted by atomic mass is 9.95. The van der Waals surface area contributed by atoms with Crippen molar-refractivity contribution in [3.63, 3.8) is 0 Å². The minimum Gasteiger partial charge on any atom is -0.355 e. The molecule has 0 spiro atoms. The summed E-state index contributed by atoms with van der Waals surface area (Å²) in [5.74, 6) is 1.30. The summed E-state index contributed by atoms with van der Waals surface area (Å²) in [6.45, 7) is 9.23. The number of anilines is 1. The first-order chi connectivity index (χ1) is 7.50. The Kier molecular flexibility index (Phi) is 4.68. The van der Waals surface area contributed by atoms with Crippen LogP contribution >= 0.6 is 11.5 Å². The number of hydrogen-bond acceptors (Lipinski definition) is 5. The molecule has 1 aromatic rings. The lowest BCUT2D eigenvalue weighted by Gasteiger charge is -2.28. The topological polar surface area (TPSA) is 63.8 Å². The molecule has 1 unspecified atom stereocenters. The molecule has 1 rings (SSSR count). The summed E-state index contributed by atoms with van der Waals surface area (Å²) in [5.41, 5.74) is 5.65. The number of rotatable bonds is 6. The first-order valence-electron chi connectivity index (χ1n) is 5.82. The van der Waals surface area contributed by atoms with E-state index in [9.17, 15) is 0 Å². The van der Waals surface area contributed by atoms with E-state index in [4.69, 9.17) is 5.73 Å². The number of nitrogens with two attached hydrogens (primary N) is 1. The van der Waals surface area contributed by atoms with Crippen LogP contribution in [0.15, 0.2) is 0 Å². The van der Waals surface area contributed by atoms with Crippen LogP contribution in [0.2, 0.25) is 0 Å². The minimum absolute atomic E-state index is 0.0303. The maximum absolute atomic E-state index is 5.62. The molecule has 0 aliphatic heterocycles. The quantitative estimate of drug-likeness (QED) is 0.805. The van der Waals surface area contributed by atoms with E-state index in [-0.39, 0.29) is 5.54 Å². The van der Waals surface area contributed by atoms with Crippen molar-refractivity contribution in [1.29, 1.82) is 0 Å². The molecule has 0 fully saturated rings. The summed E-state index contributed by atoms with van der Waals surface area (Å²) in [6.07, 6.45) is 1.97. The fraction of sp³-hybridized carbons (Fsp3) is 0.818. The maximum Gasteiger partial charge on any atom is 0.203 e. The van der Waals surface area contributed by atoms with Gasteiger partial charge in [-0.3, -0.25) is 0 Å². The zero-order chi connectivity index (χ0) is 12.2. The van der Waals surface area contributed by atoms with Gasteiger partial charge in [0, 0.05) is 23.0 Å². The zero-order valence-electron chi connectivity index (χ0n) is 10.6. The molecule has 0 bridgehead atoms. The van der Waals surface area contributed by atoms with Crippen molar-refractivity contribution in [3.05, 3.63) is 5.82 Å². The molecule has 92 valence electrons. The summed E-state index contributed by atoms with van der Waals surface area (Å²) in [4.78, 5) is 4.48. The Labute approximate surface area is 102 Å². The highest BCUT2D eigenvalue weighted by Crippen LogP contribution is 2.24. The molecule has 1 heterocycles. The van der Waals surface area contributed by atoms with Crippen LogP contribution in [0, 0.1) is 0 Å². The molecule has 0 saturated carbocycles. The Hall–Kier alpha value is -0.680. The molecule has 1 aromatic heterocycles. The molecule has 0 saturated heterocycles. The zero-order valence-corrected chi connectivity index (χ0v) is 11.4. The van der Waals surface area contributed by atoms with E-state index in [1.807, 2.05) is 0 Å². The van der Waals surface area contributed by atoms with Crippen LogP contribution in [-0.2, 0) is 0 Å². The average molecular weight is 242 g/mol. The van der Waals surface area contributed by atoms with Gasteiger partial charge in [0.2, 0.25) is 5.13 Å². The van der Waals surface area contributed by atoms with Gasteiger partial charge in [0.05, 0.1) is 0 Å². The van der Waals surface area contributed by atoms with E-state index in [1.165, 1.54) is 11.5 Å². The van der Waals surface area contributed by atoms with Gasteiger partial charge in [0.15, 0.2) is 0 Å². The van der Waals surface area contributed by atoms with Crippen molar-refractivity contribution in [2.24, 2.45) is 5.73 Å². The molecule has 0 aliphatic rings. The van der Waals surface area contributed by atoms with Crippen LogP contribution in [0.1, 0.15) is 52.3 Å². The standard InChI is InChI=1S/C11H22N4S/c1-5-11(4,6-7-12)14-10-13-9(8(2)3)15-16-10/h8H,5-7,12H2,1-4H3,(H,13,14,15). The largest absolute Gasteiger partial charge is 0.355 e. The highest BCUT2D eigenvalue weighted by molar-refractivity contribution is 7.09. The third-order valence-corrected chi connectivity index (χ3v) is 3.49. The molecular weight excluding hydrogens is 220 g/mol. The molecule has 0 radical (unpaired) electrons. The second kappa shape index (κ2) is 5.59. The van der Waals surface area contributed by atoms with Crippen molar-refractivity contribution in [1.82, 2.24) is 9.36 Å². The van der Waals surface area contributed by atoms with Crippen LogP contribution < -0.4 is 11.1 Å². The molecular formula is C11H22N4S. The van der Waals surface area contributed by atoms with Gasteiger partial charge >= 0.3 is 0 Å². The van der Waals surface area contributed by atoms with Gasteiger partial charge in [-0.15, -0.1) is 0 Å². The minimum atomic E-state index is 0.0303. The second-order valence-corrected chi connectivity index (χ2v) is 5.44. The molecule has 1 atom stereocenters. The van der Waals surface area contributed by atoms with Crippen molar-refractivity contribution in [2.45, 2.75) is 52.0 Å². The Morgan fingerprint density at radius 1 is 1.50 bits per heavy atom. The van der Waals surface area contributed by atoms with Gasteiger partial charge in [-0.25, -0.2) is 4.98 Å². The smallest absolute Gasteiger partial charge is 0.203 e. The van der Waals surface area contributed by atoms with Gasteiger partial charge in [-0.1, -0.05) is 20.8 Å². The number of hydrogen-bond donors (Lipinski definition) is 2. The Morgan fingerprint density at radius 3 is 2.62 bits per heavy atom. The van der Waals surface area contributed by atoms with Crippen LogP contribution in [0.4, 0.5) is 5.13 Å². The van der Waals surface area contributed by atoms with Gasteiger partial charge in [-0.2, -0.15) is 4.37 Å². The summed E-state index contributed by atoms with van der Waals surface area (Å²) >= 11 is 1.43. The number of nitrogens with zero attached hydrogens (tertiary/aromatic N) is 2. The van der Waals surface area contributed by atoms with Crippen LogP contribution in [0.3, 0.4) is 0 Å². The molecule has 0 amide bonds. The summed E-state index contributed by atoms with van der Waals surface area (Å²) in [7, 11) is 0. The van der Waals surface area contributed by atoms with E-state index < -0.39 is 0 Å². The van der Waals surface area contributed by atoms with Crippen LogP contribution in [-0.4, -0.2) is 21.4 Å². The SMILES string of the molecule is CCC(C)(CCN)Nc1nc(C(C)C)ns1. The van der Waals surface area contributed by atoms with E-state index in [1.54, 1.807) is 0 Å². The van der Waals surface area contributed by atoms with Crippen LogP contribution in [0.25, 0.3) is 0 Å². The van der Waals surface area contributed by atoms with Gasteiger partial charge in [-0.05, 0) is 26.3 Å². The summed E-state index contributed by atoms with van der Waals surface area (Å²) < 4.78 is 4.33. The van der Waals surface area contributed by atoms with E-state index >= 15 is 0 Å². The fourth-order valence-electron chi connectivity index (χ4n) is 1.42. The van der Waals surface area contributed by atoms with Crippen molar-refractivity contribution >= 4 is 16.7 Å². The van der Waals surface area contributed by atoms with E-state index in [0.717, 1.165) is 23.8 Å². The Balaban J connectivity index is 2.70. The lowest BCUT2D eigenvalue weighted by molar-refractivity contribution is 0.463. The molecule has 16 heavy (non-hydrogen) atoms. The normalized spacial score (nSPS) is 15.1. The molecule has 3 N–H and O–H groups in total. The molecule has 5 heteroatoms. The van der Waals surface area contributed by atoms with Crippen molar-refractivity contribution < 1.29 is 0 Å². The van der Waals surface area contributed by atoms with Crippen LogP contribution in [0.5, 0.6) is 0 Å². The third-order valence-electron chi connectivity index (χ3n) is 2.84. The number of aromatic nitrogens is 2. The van der Waals surface area contributed by atoms with Crippen molar-refractivity contribution in [2.75, 3.05) is 11.9 Å². The summed E-state index contributed by atoms with van der Waals surface area (Å²) in [6, 6.07) is 0. The molecule has 0 aromatic carbocycles. The number of nitrogens with one attached hydrogen (secondary N) is 1. The highest BCUT2D eigenvalue weighted by atomic mass is 32.1. The average Bonchev–Trinajstić information content (AvgIpc) is 2.66. The maximum atomic E-state index is 5.62. The van der Waals surface area contributed by atoms with Gasteiger partial charge in [0.1, 0.15) is 5.82 Å². The van der Waals surface area contributed by atoms with E-state index in [0.29, 0.717) is 12.5 Å². The second-order valence-electron chi connectivity index (χ2n) is 4.69. The fourth-order valence-corrected chi connectivity index (χ4v) is 2.28. The summed E-state index contributed by atoms with van der Waals surface area (Å²) in [5, 5.41) is 4.35. The molecule has 4 nitrogen and oxygen atoms in total. The predicted octanol–water partition coefficient (Wildman–Crippen LogP) is 2.59.